The van der Waals surface area contributed by atoms with Crippen LogP contribution >= 0.6 is 23.4 Å². The van der Waals surface area contributed by atoms with Crippen LogP contribution in [-0.4, -0.2) is 5.75 Å². The summed E-state index contributed by atoms with van der Waals surface area (Å²) in [6.07, 6.45) is 0.886. The number of nitrogens with two attached hydrogens (primary N) is 1. The van der Waals surface area contributed by atoms with Gasteiger partial charge in [0.25, 0.3) is 0 Å². The molecule has 0 spiro atoms. The van der Waals surface area contributed by atoms with E-state index in [4.69, 9.17) is 17.3 Å². The van der Waals surface area contributed by atoms with Gasteiger partial charge in [0.1, 0.15) is 5.82 Å². The molecule has 1 nitrogen and oxygen atoms in total. The molecule has 1 heterocycles. The van der Waals surface area contributed by atoms with Gasteiger partial charge in [0.15, 0.2) is 0 Å². The molecule has 4 heteroatoms. The predicted octanol–water partition coefficient (Wildman–Crippen LogP) is 3.12. The highest BCUT2D eigenvalue weighted by molar-refractivity contribution is 7.98. The van der Waals surface area contributed by atoms with Crippen LogP contribution in [0.15, 0.2) is 12.1 Å². The van der Waals surface area contributed by atoms with E-state index in [9.17, 15) is 4.39 Å². The molecule has 0 unspecified atom stereocenters. The monoisotopic (exact) mass is 231 g/mol. The van der Waals surface area contributed by atoms with E-state index in [1.165, 1.54) is 12.1 Å². The van der Waals surface area contributed by atoms with Gasteiger partial charge >= 0.3 is 0 Å². The van der Waals surface area contributed by atoms with Crippen molar-refractivity contribution in [2.45, 2.75) is 18.2 Å². The Morgan fingerprint density at radius 3 is 3.07 bits per heavy atom. The molecule has 0 bridgehead atoms. The van der Waals surface area contributed by atoms with Crippen molar-refractivity contribution in [2.24, 2.45) is 5.73 Å². The van der Waals surface area contributed by atoms with Crippen LogP contribution in [0, 0.1) is 5.82 Å². The van der Waals surface area contributed by atoms with Crippen LogP contribution in [0.3, 0.4) is 0 Å². The highest BCUT2D eigenvalue weighted by Gasteiger charge is 2.18. The lowest BCUT2D eigenvalue weighted by Gasteiger charge is -2.13. The molecule has 1 atom stereocenters. The average molecular weight is 232 g/mol. The Morgan fingerprint density at radius 2 is 2.29 bits per heavy atom. The molecule has 1 aliphatic heterocycles. The summed E-state index contributed by atoms with van der Waals surface area (Å²) < 4.78 is 13.1. The van der Waals surface area contributed by atoms with Crippen LogP contribution in [-0.2, 0) is 5.75 Å². The Bertz CT molecular complexity index is 356. The molecule has 0 radical (unpaired) electrons. The van der Waals surface area contributed by atoms with Gasteiger partial charge in [-0.05, 0) is 35.4 Å². The maximum atomic E-state index is 13.1. The molecule has 0 saturated heterocycles. The lowest BCUT2D eigenvalue weighted by molar-refractivity contribution is 0.616. The van der Waals surface area contributed by atoms with E-state index in [0.29, 0.717) is 5.02 Å². The first-order valence-corrected chi connectivity index (χ1v) is 6.03. The lowest BCUT2D eigenvalue weighted by atomic mass is 10.00. The molecule has 14 heavy (non-hydrogen) atoms. The van der Waals surface area contributed by atoms with Crippen LogP contribution in [0.2, 0.25) is 5.02 Å². The van der Waals surface area contributed by atoms with Crippen LogP contribution in [0.4, 0.5) is 4.39 Å². The Morgan fingerprint density at radius 1 is 1.50 bits per heavy atom. The van der Waals surface area contributed by atoms with Crippen molar-refractivity contribution in [3.63, 3.8) is 0 Å². The van der Waals surface area contributed by atoms with Crippen molar-refractivity contribution >= 4 is 23.4 Å². The van der Waals surface area contributed by atoms with Crippen molar-refractivity contribution in [3.05, 3.63) is 34.1 Å². The topological polar surface area (TPSA) is 26.0 Å². The summed E-state index contributed by atoms with van der Waals surface area (Å²) in [5.74, 6) is 1.55. The Kier molecular flexibility index (Phi) is 3.00. The van der Waals surface area contributed by atoms with E-state index in [0.717, 1.165) is 29.1 Å². The number of benzene rings is 1. The van der Waals surface area contributed by atoms with Crippen LogP contribution < -0.4 is 5.73 Å². The molecule has 0 aromatic heterocycles. The number of fused-ring (bicyclic) bond motifs is 1. The van der Waals surface area contributed by atoms with Gasteiger partial charge in [0, 0.05) is 16.8 Å². The first kappa shape index (κ1) is 10.3. The second kappa shape index (κ2) is 4.09. The van der Waals surface area contributed by atoms with Gasteiger partial charge in [-0.1, -0.05) is 11.6 Å². The Hall–Kier alpha value is -0.250. The second-order valence-corrected chi connectivity index (χ2v) is 4.92. The number of thioether (sulfide) groups is 1. The zero-order valence-corrected chi connectivity index (χ0v) is 9.17. The highest BCUT2D eigenvalue weighted by Crippen LogP contribution is 2.34. The molecule has 0 fully saturated rings. The Labute approximate surface area is 91.8 Å². The maximum Gasteiger partial charge on any atom is 0.125 e. The summed E-state index contributed by atoms with van der Waals surface area (Å²) in [6.45, 7) is 0. The summed E-state index contributed by atoms with van der Waals surface area (Å²) in [7, 11) is 0. The molecular formula is C10H11ClFNS. The summed E-state index contributed by atoms with van der Waals surface area (Å²) in [5, 5.41) is 0.504. The normalized spacial score (nSPS) is 21.5. The van der Waals surface area contributed by atoms with Crippen molar-refractivity contribution in [1.82, 2.24) is 0 Å². The number of hydrogen-bond acceptors (Lipinski definition) is 2. The van der Waals surface area contributed by atoms with Gasteiger partial charge in [-0.15, -0.1) is 0 Å². The van der Waals surface area contributed by atoms with Crippen LogP contribution in [0.5, 0.6) is 0 Å². The quantitative estimate of drug-likeness (QED) is 0.743. The molecule has 2 rings (SSSR count). The molecule has 0 aliphatic carbocycles. The van der Waals surface area contributed by atoms with E-state index in [1.807, 2.05) is 0 Å². The molecule has 2 N–H and O–H groups in total. The third-order valence-corrected chi connectivity index (χ3v) is 3.77. The van der Waals surface area contributed by atoms with Gasteiger partial charge in [0.2, 0.25) is 0 Å². The summed E-state index contributed by atoms with van der Waals surface area (Å²) in [5.41, 5.74) is 7.82. The fourth-order valence-corrected chi connectivity index (χ4v) is 3.10. The fourth-order valence-electron chi connectivity index (χ4n) is 1.65. The largest absolute Gasteiger partial charge is 0.324 e. The summed E-state index contributed by atoms with van der Waals surface area (Å²) in [4.78, 5) is 0. The molecule has 0 saturated carbocycles. The molecule has 1 aromatic carbocycles. The highest BCUT2D eigenvalue weighted by atomic mass is 35.5. The zero-order valence-electron chi connectivity index (χ0n) is 7.59. The van der Waals surface area contributed by atoms with Crippen molar-refractivity contribution in [1.29, 1.82) is 0 Å². The van der Waals surface area contributed by atoms with E-state index in [-0.39, 0.29) is 11.9 Å². The second-order valence-electron chi connectivity index (χ2n) is 3.40. The number of halogens is 2. The third-order valence-electron chi connectivity index (χ3n) is 2.41. The number of hydrogen-bond donors (Lipinski definition) is 1. The minimum Gasteiger partial charge on any atom is -0.324 e. The van der Waals surface area contributed by atoms with Crippen molar-refractivity contribution in [3.8, 4) is 0 Å². The summed E-state index contributed by atoms with van der Waals surface area (Å²) >= 11 is 7.77. The lowest BCUT2D eigenvalue weighted by Crippen LogP contribution is -2.12. The molecule has 1 aliphatic rings. The van der Waals surface area contributed by atoms with Gasteiger partial charge in [-0.2, -0.15) is 11.8 Å². The van der Waals surface area contributed by atoms with Gasteiger partial charge in [-0.3, -0.25) is 0 Å². The minimum atomic E-state index is -0.295. The SMILES string of the molecule is N[C@H]1CCSCc2c(Cl)cc(F)cc21. The fraction of sp³-hybridized carbons (Fsp3) is 0.400. The van der Waals surface area contributed by atoms with Crippen molar-refractivity contribution in [2.75, 3.05) is 5.75 Å². The van der Waals surface area contributed by atoms with E-state index in [2.05, 4.69) is 0 Å². The molecule has 0 amide bonds. The zero-order chi connectivity index (χ0) is 10.1. The smallest absolute Gasteiger partial charge is 0.125 e. The summed E-state index contributed by atoms with van der Waals surface area (Å²) in [6, 6.07) is 2.80. The first-order valence-electron chi connectivity index (χ1n) is 4.49. The Balaban J connectivity index is 2.53. The minimum absolute atomic E-state index is 0.0757. The van der Waals surface area contributed by atoms with Gasteiger partial charge < -0.3 is 5.73 Å². The molecular weight excluding hydrogens is 221 g/mol. The average Bonchev–Trinajstić information content (AvgIpc) is 2.29. The third kappa shape index (κ3) is 1.90. The van der Waals surface area contributed by atoms with Gasteiger partial charge in [0.05, 0.1) is 0 Å². The molecule has 76 valence electrons. The number of rotatable bonds is 0. The first-order chi connectivity index (χ1) is 6.68. The maximum absolute atomic E-state index is 13.1. The predicted molar refractivity (Wildman–Crippen MR) is 59.1 cm³/mol. The van der Waals surface area contributed by atoms with E-state index >= 15 is 0 Å². The van der Waals surface area contributed by atoms with Crippen LogP contribution in [0.1, 0.15) is 23.6 Å². The van der Waals surface area contributed by atoms with E-state index in [1.54, 1.807) is 11.8 Å². The molecule has 1 aromatic rings. The van der Waals surface area contributed by atoms with E-state index < -0.39 is 0 Å². The van der Waals surface area contributed by atoms with Crippen molar-refractivity contribution < 1.29 is 4.39 Å². The van der Waals surface area contributed by atoms with Crippen LogP contribution in [0.25, 0.3) is 0 Å². The standard InChI is InChI=1S/C10H11ClFNS/c11-9-4-6(12)3-7-8(9)5-14-2-1-10(7)13/h3-4,10H,1-2,5,13H2/t10-/m0/s1. The van der Waals surface area contributed by atoms with Gasteiger partial charge in [-0.25, -0.2) is 4.39 Å².